The smallest absolute Gasteiger partial charge is 0.305 e. The van der Waals surface area contributed by atoms with Gasteiger partial charge in [-0.2, -0.15) is 0 Å². The molecule has 0 bridgehead atoms. The van der Waals surface area contributed by atoms with Crippen molar-refractivity contribution >= 4 is 5.97 Å². The van der Waals surface area contributed by atoms with Crippen LogP contribution in [0.4, 0.5) is 0 Å². The first-order valence-electron chi connectivity index (χ1n) is 8.16. The lowest BCUT2D eigenvalue weighted by atomic mass is 9.93. The summed E-state index contributed by atoms with van der Waals surface area (Å²) in [6.45, 7) is 6.89. The third kappa shape index (κ3) is 12.3. The number of hydrogen-bond acceptors (Lipinski definition) is 2. The first kappa shape index (κ1) is 18.5. The molecule has 0 aromatic carbocycles. The summed E-state index contributed by atoms with van der Waals surface area (Å²) in [4.78, 5) is 11.0. The minimum atomic E-state index is -0.0730. The predicted molar refractivity (Wildman–Crippen MR) is 82.2 cm³/mol. The van der Waals surface area contributed by atoms with Crippen LogP contribution >= 0.6 is 0 Å². The normalized spacial score (nSPS) is 14.1. The summed E-state index contributed by atoms with van der Waals surface area (Å²) in [5, 5.41) is 0. The first-order valence-corrected chi connectivity index (χ1v) is 8.16. The van der Waals surface area contributed by atoms with E-state index in [9.17, 15) is 4.79 Å². The van der Waals surface area contributed by atoms with E-state index in [1.54, 1.807) is 0 Å². The second kappa shape index (κ2) is 12.5. The molecule has 0 N–H and O–H groups in total. The van der Waals surface area contributed by atoms with Crippen LogP contribution in [0.2, 0.25) is 0 Å². The highest BCUT2D eigenvalue weighted by Gasteiger charge is 2.08. The molecule has 0 saturated heterocycles. The van der Waals surface area contributed by atoms with Crippen molar-refractivity contribution in [3.05, 3.63) is 0 Å². The molecule has 0 fully saturated rings. The quantitative estimate of drug-likeness (QED) is 0.353. The maximum atomic E-state index is 11.0. The zero-order chi connectivity index (χ0) is 14.5. The molecule has 0 aliphatic heterocycles. The number of carbonyl (C=O) groups is 1. The van der Waals surface area contributed by atoms with Crippen LogP contribution in [0.1, 0.15) is 85.0 Å². The molecule has 2 heteroatoms. The van der Waals surface area contributed by atoms with Crippen molar-refractivity contribution in [1.82, 2.24) is 0 Å². The van der Waals surface area contributed by atoms with Crippen molar-refractivity contribution in [3.63, 3.8) is 0 Å². The summed E-state index contributed by atoms with van der Waals surface area (Å²) in [6.07, 6.45) is 12.3. The fraction of sp³-hybridized carbons (Fsp3) is 0.941. The van der Waals surface area contributed by atoms with Crippen LogP contribution in [0.3, 0.4) is 0 Å². The first-order chi connectivity index (χ1) is 9.10. The lowest BCUT2D eigenvalue weighted by Crippen LogP contribution is -2.04. The third-order valence-electron chi connectivity index (χ3n) is 4.01. The van der Waals surface area contributed by atoms with Gasteiger partial charge in [0, 0.05) is 6.42 Å². The molecule has 0 amide bonds. The molecule has 0 rings (SSSR count). The molecule has 0 aliphatic rings. The van der Waals surface area contributed by atoms with Gasteiger partial charge in [0.05, 0.1) is 7.11 Å². The third-order valence-corrected chi connectivity index (χ3v) is 4.01. The predicted octanol–water partition coefficient (Wildman–Crippen LogP) is 5.35. The molecule has 0 aliphatic carbocycles. The Kier molecular flexibility index (Phi) is 12.2. The van der Waals surface area contributed by atoms with Crippen LogP contribution in [0.15, 0.2) is 0 Å². The van der Waals surface area contributed by atoms with E-state index in [4.69, 9.17) is 0 Å². The Morgan fingerprint density at radius 2 is 1.47 bits per heavy atom. The minimum absolute atomic E-state index is 0.0730. The Morgan fingerprint density at radius 1 is 0.895 bits per heavy atom. The maximum absolute atomic E-state index is 11.0. The number of carbonyl (C=O) groups excluding carboxylic acids is 1. The molecule has 2 atom stereocenters. The molecule has 19 heavy (non-hydrogen) atoms. The van der Waals surface area contributed by atoms with Crippen LogP contribution in [0.5, 0.6) is 0 Å². The van der Waals surface area contributed by atoms with E-state index in [1.807, 2.05) is 0 Å². The number of hydrogen-bond donors (Lipinski definition) is 0. The zero-order valence-corrected chi connectivity index (χ0v) is 13.5. The van der Waals surface area contributed by atoms with Crippen LogP contribution in [0, 0.1) is 11.8 Å². The Bertz CT molecular complexity index is 213. The lowest BCUT2D eigenvalue weighted by Gasteiger charge is -2.14. The van der Waals surface area contributed by atoms with Crippen molar-refractivity contribution in [3.8, 4) is 0 Å². The van der Waals surface area contributed by atoms with Crippen molar-refractivity contribution in [2.45, 2.75) is 85.0 Å². The van der Waals surface area contributed by atoms with Gasteiger partial charge in [-0.1, -0.05) is 72.1 Å². The molecule has 0 spiro atoms. The highest BCUT2D eigenvalue weighted by atomic mass is 16.5. The molecule has 2 unspecified atom stereocenters. The monoisotopic (exact) mass is 270 g/mol. The lowest BCUT2D eigenvalue weighted by molar-refractivity contribution is -0.140. The summed E-state index contributed by atoms with van der Waals surface area (Å²) in [5.74, 6) is 1.44. The molecule has 0 aromatic heterocycles. The van der Waals surface area contributed by atoms with Crippen LogP contribution in [-0.4, -0.2) is 13.1 Å². The van der Waals surface area contributed by atoms with Gasteiger partial charge in [0.15, 0.2) is 0 Å². The summed E-state index contributed by atoms with van der Waals surface area (Å²) in [7, 11) is 1.47. The summed E-state index contributed by atoms with van der Waals surface area (Å²) >= 11 is 0. The van der Waals surface area contributed by atoms with Crippen LogP contribution in [-0.2, 0) is 9.53 Å². The molecule has 0 radical (unpaired) electrons. The Labute approximate surface area is 120 Å². The Balaban J connectivity index is 3.42. The summed E-state index contributed by atoms with van der Waals surface area (Å²) in [5.41, 5.74) is 0. The van der Waals surface area contributed by atoms with E-state index >= 15 is 0 Å². The second-order valence-electron chi connectivity index (χ2n) is 6.11. The van der Waals surface area contributed by atoms with Gasteiger partial charge in [-0.3, -0.25) is 4.79 Å². The van der Waals surface area contributed by atoms with Crippen LogP contribution < -0.4 is 0 Å². The van der Waals surface area contributed by atoms with Gasteiger partial charge in [0.2, 0.25) is 0 Å². The highest BCUT2D eigenvalue weighted by Crippen LogP contribution is 2.20. The fourth-order valence-electron chi connectivity index (χ4n) is 2.49. The zero-order valence-electron chi connectivity index (χ0n) is 13.5. The van der Waals surface area contributed by atoms with Crippen molar-refractivity contribution in [2.24, 2.45) is 11.8 Å². The number of ether oxygens (including phenoxy) is 1. The molecule has 0 saturated carbocycles. The fourth-order valence-corrected chi connectivity index (χ4v) is 2.49. The molecular weight excluding hydrogens is 236 g/mol. The van der Waals surface area contributed by atoms with Crippen molar-refractivity contribution in [2.75, 3.05) is 7.11 Å². The standard InChI is InChI=1S/C17H34O2/c1-5-6-7-8-10-15(2)11-9-12-16(3)13-14-17(18)19-4/h15-16H,5-14H2,1-4H3. The number of unbranched alkanes of at least 4 members (excludes halogenated alkanes) is 3. The molecule has 2 nitrogen and oxygen atoms in total. The summed E-state index contributed by atoms with van der Waals surface area (Å²) < 4.78 is 4.67. The molecule has 0 aromatic rings. The summed E-state index contributed by atoms with van der Waals surface area (Å²) in [6, 6.07) is 0. The van der Waals surface area contributed by atoms with Gasteiger partial charge < -0.3 is 4.74 Å². The van der Waals surface area contributed by atoms with E-state index in [1.165, 1.54) is 58.5 Å². The van der Waals surface area contributed by atoms with E-state index < -0.39 is 0 Å². The van der Waals surface area contributed by atoms with E-state index in [-0.39, 0.29) is 5.97 Å². The maximum Gasteiger partial charge on any atom is 0.305 e. The number of methoxy groups -OCH3 is 1. The number of rotatable bonds is 12. The van der Waals surface area contributed by atoms with Crippen molar-refractivity contribution < 1.29 is 9.53 Å². The molecule has 114 valence electrons. The molecular formula is C17H34O2. The van der Waals surface area contributed by atoms with E-state index in [2.05, 4.69) is 25.5 Å². The molecule has 0 heterocycles. The van der Waals surface area contributed by atoms with Crippen LogP contribution in [0.25, 0.3) is 0 Å². The van der Waals surface area contributed by atoms with Gasteiger partial charge >= 0.3 is 5.97 Å². The second-order valence-corrected chi connectivity index (χ2v) is 6.11. The van der Waals surface area contributed by atoms with Gasteiger partial charge in [-0.25, -0.2) is 0 Å². The Hall–Kier alpha value is -0.530. The average molecular weight is 270 g/mol. The minimum Gasteiger partial charge on any atom is -0.469 e. The van der Waals surface area contributed by atoms with Gasteiger partial charge in [-0.15, -0.1) is 0 Å². The van der Waals surface area contributed by atoms with E-state index in [0.29, 0.717) is 12.3 Å². The largest absolute Gasteiger partial charge is 0.469 e. The highest BCUT2D eigenvalue weighted by molar-refractivity contribution is 5.69. The Morgan fingerprint density at radius 3 is 2.05 bits per heavy atom. The average Bonchev–Trinajstić information content (AvgIpc) is 2.41. The SMILES string of the molecule is CCCCCCC(C)CCCC(C)CCC(=O)OC. The topological polar surface area (TPSA) is 26.3 Å². The van der Waals surface area contributed by atoms with Gasteiger partial charge in [-0.05, 0) is 18.3 Å². The van der Waals surface area contributed by atoms with Gasteiger partial charge in [0.1, 0.15) is 0 Å². The number of esters is 1. The van der Waals surface area contributed by atoms with Crippen molar-refractivity contribution in [1.29, 1.82) is 0 Å². The van der Waals surface area contributed by atoms with Gasteiger partial charge in [0.25, 0.3) is 0 Å². The van der Waals surface area contributed by atoms with E-state index in [0.717, 1.165) is 12.3 Å².